The molecule has 0 aliphatic rings. The van der Waals surface area contributed by atoms with Crippen molar-refractivity contribution in [2.24, 2.45) is 0 Å². The zero-order valence-electron chi connectivity index (χ0n) is 13.4. The van der Waals surface area contributed by atoms with E-state index in [9.17, 15) is 13.6 Å². The van der Waals surface area contributed by atoms with E-state index in [4.69, 9.17) is 23.8 Å². The van der Waals surface area contributed by atoms with Crippen LogP contribution in [0.5, 0.6) is 0 Å². The van der Waals surface area contributed by atoms with Crippen molar-refractivity contribution in [3.05, 3.63) is 59.1 Å². The standard InChI is InChI=1S/C17H16ClF2N3OS/c1-2-23(17(25)21-12-6-3-5-11(18)9-12)10-15(24)22-16-13(19)7-4-8-14(16)20/h3-9H,2,10H2,1H3,(H,21,25)(H,22,24). The Balaban J connectivity index is 2.00. The summed E-state index contributed by atoms with van der Waals surface area (Å²) in [5.41, 5.74) is 0.203. The number of thiocarbonyl (C=S) groups is 1. The van der Waals surface area contributed by atoms with Gasteiger partial charge in [-0.3, -0.25) is 4.79 Å². The van der Waals surface area contributed by atoms with Crippen LogP contribution in [-0.2, 0) is 4.79 Å². The van der Waals surface area contributed by atoms with Crippen LogP contribution in [0.1, 0.15) is 6.92 Å². The molecule has 2 aromatic carbocycles. The number of likely N-dealkylation sites (N-methyl/N-ethyl adjacent to an activating group) is 1. The Bertz CT molecular complexity index is 768. The van der Waals surface area contributed by atoms with Crippen molar-refractivity contribution < 1.29 is 13.6 Å². The van der Waals surface area contributed by atoms with Crippen molar-refractivity contribution in [1.29, 1.82) is 0 Å². The summed E-state index contributed by atoms with van der Waals surface area (Å²) in [6, 6.07) is 10.3. The van der Waals surface area contributed by atoms with Gasteiger partial charge in [-0.05, 0) is 49.5 Å². The van der Waals surface area contributed by atoms with Gasteiger partial charge >= 0.3 is 0 Å². The second-order valence-electron chi connectivity index (χ2n) is 5.10. The first kappa shape index (κ1) is 19.1. The summed E-state index contributed by atoms with van der Waals surface area (Å²) in [7, 11) is 0. The van der Waals surface area contributed by atoms with E-state index < -0.39 is 23.2 Å². The molecule has 0 aromatic heterocycles. The van der Waals surface area contributed by atoms with E-state index >= 15 is 0 Å². The molecular weight excluding hydrogens is 368 g/mol. The van der Waals surface area contributed by atoms with Crippen LogP contribution in [0.4, 0.5) is 20.2 Å². The van der Waals surface area contributed by atoms with Crippen molar-refractivity contribution in [3.8, 4) is 0 Å². The van der Waals surface area contributed by atoms with Gasteiger partial charge < -0.3 is 15.5 Å². The van der Waals surface area contributed by atoms with E-state index in [0.29, 0.717) is 22.4 Å². The number of rotatable bonds is 5. The maximum absolute atomic E-state index is 13.6. The molecule has 0 saturated heterocycles. The number of carbonyl (C=O) groups is 1. The molecule has 0 saturated carbocycles. The van der Waals surface area contributed by atoms with Gasteiger partial charge in [-0.15, -0.1) is 0 Å². The van der Waals surface area contributed by atoms with Gasteiger partial charge in [0.2, 0.25) is 5.91 Å². The molecule has 0 heterocycles. The summed E-state index contributed by atoms with van der Waals surface area (Å²) in [5, 5.41) is 6.05. The van der Waals surface area contributed by atoms with E-state index in [1.54, 1.807) is 29.2 Å². The second-order valence-corrected chi connectivity index (χ2v) is 5.92. The third-order valence-electron chi connectivity index (χ3n) is 3.31. The number of carbonyl (C=O) groups excluding carboxylic acids is 1. The van der Waals surface area contributed by atoms with Crippen LogP contribution in [0, 0.1) is 11.6 Å². The SMILES string of the molecule is CCN(CC(=O)Nc1c(F)cccc1F)C(=S)Nc1cccc(Cl)c1. The van der Waals surface area contributed by atoms with Crippen LogP contribution in [0.3, 0.4) is 0 Å². The molecule has 1 amide bonds. The number of amides is 1. The fourth-order valence-corrected chi connectivity index (χ4v) is 2.57. The number of nitrogens with zero attached hydrogens (tertiary/aromatic N) is 1. The number of nitrogens with one attached hydrogen (secondary N) is 2. The van der Waals surface area contributed by atoms with Crippen LogP contribution in [0.2, 0.25) is 5.02 Å². The zero-order chi connectivity index (χ0) is 18.4. The Morgan fingerprint density at radius 3 is 2.40 bits per heavy atom. The normalized spacial score (nSPS) is 10.2. The molecule has 2 rings (SSSR count). The second kappa shape index (κ2) is 8.73. The Hall–Kier alpha value is -2.25. The fourth-order valence-electron chi connectivity index (χ4n) is 2.07. The molecule has 0 bridgehead atoms. The first-order valence-corrected chi connectivity index (χ1v) is 8.24. The maximum Gasteiger partial charge on any atom is 0.244 e. The van der Waals surface area contributed by atoms with Gasteiger partial charge in [-0.1, -0.05) is 23.7 Å². The predicted molar refractivity (Wildman–Crippen MR) is 99.9 cm³/mol. The molecule has 4 nitrogen and oxygen atoms in total. The maximum atomic E-state index is 13.6. The summed E-state index contributed by atoms with van der Waals surface area (Å²) < 4.78 is 27.2. The molecule has 0 unspecified atom stereocenters. The van der Waals surface area contributed by atoms with Gasteiger partial charge in [0, 0.05) is 17.3 Å². The minimum absolute atomic E-state index is 0.156. The third kappa shape index (κ3) is 5.37. The lowest BCUT2D eigenvalue weighted by Gasteiger charge is -2.24. The molecule has 0 radical (unpaired) electrons. The van der Waals surface area contributed by atoms with Crippen molar-refractivity contribution in [2.45, 2.75) is 6.92 Å². The van der Waals surface area contributed by atoms with Gasteiger partial charge in [0.25, 0.3) is 0 Å². The van der Waals surface area contributed by atoms with Crippen molar-refractivity contribution in [3.63, 3.8) is 0 Å². The first-order valence-electron chi connectivity index (χ1n) is 7.46. The highest BCUT2D eigenvalue weighted by Gasteiger charge is 2.16. The number of para-hydroxylation sites is 1. The minimum atomic E-state index is -0.837. The summed E-state index contributed by atoms with van der Waals surface area (Å²) in [5.74, 6) is -2.26. The van der Waals surface area contributed by atoms with E-state index in [1.807, 2.05) is 6.92 Å². The fraction of sp³-hybridized carbons (Fsp3) is 0.176. The average molecular weight is 384 g/mol. The summed E-state index contributed by atoms with van der Waals surface area (Å²) in [4.78, 5) is 13.7. The van der Waals surface area contributed by atoms with Gasteiger partial charge in [0.05, 0.1) is 6.54 Å². The lowest BCUT2D eigenvalue weighted by Crippen LogP contribution is -2.40. The lowest BCUT2D eigenvalue weighted by molar-refractivity contribution is -0.116. The zero-order valence-corrected chi connectivity index (χ0v) is 14.9. The third-order valence-corrected chi connectivity index (χ3v) is 3.90. The van der Waals surface area contributed by atoms with Crippen molar-refractivity contribution in [2.75, 3.05) is 23.7 Å². The Labute approximate surface area is 154 Å². The first-order chi connectivity index (χ1) is 11.9. The van der Waals surface area contributed by atoms with Crippen molar-refractivity contribution >= 4 is 46.2 Å². The molecule has 0 fully saturated rings. The van der Waals surface area contributed by atoms with E-state index in [1.165, 1.54) is 6.07 Å². The van der Waals surface area contributed by atoms with E-state index in [2.05, 4.69) is 10.6 Å². The predicted octanol–water partition coefficient (Wildman–Crippen LogP) is 4.28. The highest BCUT2D eigenvalue weighted by Crippen LogP contribution is 2.18. The summed E-state index contributed by atoms with van der Waals surface area (Å²) >= 11 is 11.2. The molecular formula is C17H16ClF2N3OS. The molecule has 2 N–H and O–H groups in total. The highest BCUT2D eigenvalue weighted by atomic mass is 35.5. The van der Waals surface area contributed by atoms with Crippen LogP contribution < -0.4 is 10.6 Å². The van der Waals surface area contributed by atoms with E-state index in [-0.39, 0.29) is 6.54 Å². The van der Waals surface area contributed by atoms with Gasteiger partial charge in [-0.25, -0.2) is 8.78 Å². The van der Waals surface area contributed by atoms with Crippen LogP contribution in [-0.4, -0.2) is 29.0 Å². The highest BCUT2D eigenvalue weighted by molar-refractivity contribution is 7.80. The Kier molecular flexibility index (Phi) is 6.66. The molecule has 2 aromatic rings. The topological polar surface area (TPSA) is 44.4 Å². The van der Waals surface area contributed by atoms with Crippen molar-refractivity contribution in [1.82, 2.24) is 4.90 Å². The number of benzene rings is 2. The largest absolute Gasteiger partial charge is 0.340 e. The molecule has 0 spiro atoms. The smallest absolute Gasteiger partial charge is 0.244 e. The number of hydrogen-bond donors (Lipinski definition) is 2. The van der Waals surface area contributed by atoms with E-state index in [0.717, 1.165) is 12.1 Å². The van der Waals surface area contributed by atoms with Gasteiger partial charge in [0.15, 0.2) is 5.11 Å². The molecule has 0 aliphatic heterocycles. The Morgan fingerprint density at radius 2 is 1.80 bits per heavy atom. The molecule has 8 heteroatoms. The molecule has 25 heavy (non-hydrogen) atoms. The molecule has 0 atom stereocenters. The Morgan fingerprint density at radius 1 is 1.16 bits per heavy atom. The van der Waals surface area contributed by atoms with Crippen LogP contribution in [0.25, 0.3) is 0 Å². The van der Waals surface area contributed by atoms with Crippen LogP contribution >= 0.6 is 23.8 Å². The van der Waals surface area contributed by atoms with Gasteiger partial charge in [-0.2, -0.15) is 0 Å². The molecule has 132 valence electrons. The number of hydrogen-bond acceptors (Lipinski definition) is 2. The molecule has 0 aliphatic carbocycles. The van der Waals surface area contributed by atoms with Crippen LogP contribution in [0.15, 0.2) is 42.5 Å². The minimum Gasteiger partial charge on any atom is -0.340 e. The number of halogens is 3. The lowest BCUT2D eigenvalue weighted by atomic mass is 10.3. The monoisotopic (exact) mass is 383 g/mol. The summed E-state index contributed by atoms with van der Waals surface area (Å²) in [6.45, 7) is 2.08. The average Bonchev–Trinajstić information content (AvgIpc) is 2.56. The van der Waals surface area contributed by atoms with Gasteiger partial charge in [0.1, 0.15) is 17.3 Å². The number of anilines is 2. The quantitative estimate of drug-likeness (QED) is 0.756. The summed E-state index contributed by atoms with van der Waals surface area (Å²) in [6.07, 6.45) is 0.